The van der Waals surface area contributed by atoms with Gasteiger partial charge in [0.05, 0.1) is 17.1 Å². The molecule has 4 nitrogen and oxygen atoms in total. The molecule has 0 bridgehead atoms. The van der Waals surface area contributed by atoms with E-state index in [1.807, 2.05) is 0 Å². The summed E-state index contributed by atoms with van der Waals surface area (Å²) in [5.41, 5.74) is 0.643. The number of carboxylic acids is 1. The van der Waals surface area contributed by atoms with Gasteiger partial charge in [0.2, 0.25) is 0 Å². The minimum Gasteiger partial charge on any atom is -0.481 e. The monoisotopic (exact) mass is 318 g/mol. The number of carboxylic acid groups (broad SMARTS) is 1. The van der Waals surface area contributed by atoms with Crippen molar-refractivity contribution in [1.29, 1.82) is 0 Å². The van der Waals surface area contributed by atoms with E-state index in [9.17, 15) is 9.18 Å². The van der Waals surface area contributed by atoms with Crippen molar-refractivity contribution in [2.45, 2.75) is 22.7 Å². The highest BCUT2D eigenvalue weighted by atomic mass is 35.5. The van der Waals surface area contributed by atoms with Crippen molar-refractivity contribution < 1.29 is 14.3 Å². The van der Waals surface area contributed by atoms with Gasteiger partial charge in [-0.3, -0.25) is 4.79 Å². The number of pyridine rings is 1. The molecule has 0 radical (unpaired) electrons. The van der Waals surface area contributed by atoms with E-state index >= 15 is 0 Å². The number of aromatic nitrogens is 2. The Balaban J connectivity index is 2.21. The predicted molar refractivity (Wildman–Crippen MR) is 71.5 cm³/mol. The second-order valence-corrected chi connectivity index (χ2v) is 6.36. The predicted octanol–water partition coefficient (Wildman–Crippen LogP) is 3.42. The summed E-state index contributed by atoms with van der Waals surface area (Å²) >= 11 is 7.90. The van der Waals surface area contributed by atoms with Gasteiger partial charge in [-0.05, 0) is 24.8 Å². The quantitative estimate of drug-likeness (QED) is 0.936. The summed E-state index contributed by atoms with van der Waals surface area (Å²) in [6.45, 7) is 1.73. The third-order valence-electron chi connectivity index (χ3n) is 2.14. The lowest BCUT2D eigenvalue weighted by Crippen LogP contribution is -1.99. The van der Waals surface area contributed by atoms with Crippen LogP contribution in [-0.2, 0) is 11.2 Å². The molecule has 0 amide bonds. The lowest BCUT2D eigenvalue weighted by atomic mass is 10.3. The number of carbonyl (C=O) groups is 1. The smallest absolute Gasteiger partial charge is 0.308 e. The Kier molecular flexibility index (Phi) is 4.38. The fourth-order valence-corrected chi connectivity index (χ4v) is 3.55. The zero-order valence-corrected chi connectivity index (χ0v) is 12.1. The van der Waals surface area contributed by atoms with E-state index in [-0.39, 0.29) is 16.5 Å². The average Bonchev–Trinajstić information content (AvgIpc) is 2.62. The standard InChI is InChI=1S/C11H8ClFN2O2S2/c1-5-8(3-9(16)17)18-11(15-5)19-10-7(13)2-6(12)4-14-10/h2,4H,3H2,1H3,(H,16,17). The first kappa shape index (κ1) is 14.2. The van der Waals surface area contributed by atoms with Crippen LogP contribution in [0.1, 0.15) is 10.6 Å². The molecule has 0 aliphatic heterocycles. The van der Waals surface area contributed by atoms with Gasteiger partial charge < -0.3 is 5.11 Å². The van der Waals surface area contributed by atoms with Crippen LogP contribution in [0.3, 0.4) is 0 Å². The first-order valence-corrected chi connectivity index (χ1v) is 7.14. The lowest BCUT2D eigenvalue weighted by molar-refractivity contribution is -0.136. The Morgan fingerprint density at radius 2 is 2.37 bits per heavy atom. The first-order chi connectivity index (χ1) is 8.95. The molecule has 1 N–H and O–H groups in total. The summed E-state index contributed by atoms with van der Waals surface area (Å²) in [6, 6.07) is 1.18. The van der Waals surface area contributed by atoms with Gasteiger partial charge >= 0.3 is 5.97 Å². The van der Waals surface area contributed by atoms with Crippen LogP contribution in [0.15, 0.2) is 21.6 Å². The molecule has 0 aliphatic rings. The molecule has 0 atom stereocenters. The average molecular weight is 319 g/mol. The summed E-state index contributed by atoms with van der Waals surface area (Å²) in [5.74, 6) is -1.44. The highest BCUT2D eigenvalue weighted by Gasteiger charge is 2.14. The minimum absolute atomic E-state index is 0.0827. The lowest BCUT2D eigenvalue weighted by Gasteiger charge is -1.98. The van der Waals surface area contributed by atoms with Crippen LogP contribution < -0.4 is 0 Å². The molecule has 8 heteroatoms. The number of hydrogen-bond donors (Lipinski definition) is 1. The van der Waals surface area contributed by atoms with Crippen LogP contribution in [0.5, 0.6) is 0 Å². The summed E-state index contributed by atoms with van der Waals surface area (Å²) in [4.78, 5) is 19.4. The van der Waals surface area contributed by atoms with Crippen molar-refractivity contribution in [3.63, 3.8) is 0 Å². The zero-order valence-electron chi connectivity index (χ0n) is 9.68. The number of rotatable bonds is 4. The maximum absolute atomic E-state index is 13.6. The number of aliphatic carboxylic acids is 1. The molecule has 2 heterocycles. The highest BCUT2D eigenvalue weighted by molar-refractivity contribution is 8.01. The topological polar surface area (TPSA) is 63.1 Å². The van der Waals surface area contributed by atoms with E-state index in [1.54, 1.807) is 6.92 Å². The summed E-state index contributed by atoms with van der Waals surface area (Å²) in [5, 5.41) is 9.14. The maximum Gasteiger partial charge on any atom is 0.308 e. The van der Waals surface area contributed by atoms with Gasteiger partial charge in [0, 0.05) is 11.1 Å². The third kappa shape index (κ3) is 3.65. The van der Waals surface area contributed by atoms with Gasteiger partial charge in [0.25, 0.3) is 0 Å². The molecule has 2 rings (SSSR count). The third-order valence-corrected chi connectivity index (χ3v) is 4.56. The Morgan fingerprint density at radius 1 is 1.63 bits per heavy atom. The van der Waals surface area contributed by atoms with Gasteiger partial charge in [-0.25, -0.2) is 14.4 Å². The SMILES string of the molecule is Cc1nc(Sc2ncc(Cl)cc2F)sc1CC(=O)O. The second-order valence-electron chi connectivity index (χ2n) is 3.60. The van der Waals surface area contributed by atoms with E-state index in [2.05, 4.69) is 9.97 Å². The van der Waals surface area contributed by atoms with E-state index < -0.39 is 11.8 Å². The molecule has 100 valence electrons. The molecule has 0 saturated carbocycles. The molecule has 0 unspecified atom stereocenters. The fraction of sp³-hybridized carbons (Fsp3) is 0.182. The second kappa shape index (κ2) is 5.85. The van der Waals surface area contributed by atoms with E-state index in [4.69, 9.17) is 16.7 Å². The van der Waals surface area contributed by atoms with Crippen LogP contribution in [-0.4, -0.2) is 21.0 Å². The number of aryl methyl sites for hydroxylation is 1. The Labute approximate surface area is 121 Å². The van der Waals surface area contributed by atoms with Crippen LogP contribution >= 0.6 is 34.7 Å². The fourth-order valence-electron chi connectivity index (χ4n) is 1.31. The van der Waals surface area contributed by atoms with Crippen molar-refractivity contribution >= 4 is 40.7 Å². The molecule has 0 fully saturated rings. The zero-order chi connectivity index (χ0) is 14.0. The van der Waals surface area contributed by atoms with E-state index in [0.29, 0.717) is 14.9 Å². The minimum atomic E-state index is -0.918. The maximum atomic E-state index is 13.6. The van der Waals surface area contributed by atoms with Crippen molar-refractivity contribution in [2.75, 3.05) is 0 Å². The van der Waals surface area contributed by atoms with Crippen molar-refractivity contribution in [3.8, 4) is 0 Å². The molecular weight excluding hydrogens is 311 g/mol. The molecule has 19 heavy (non-hydrogen) atoms. The normalized spacial score (nSPS) is 10.7. The highest BCUT2D eigenvalue weighted by Crippen LogP contribution is 2.33. The Hall–Kier alpha value is -1.18. The van der Waals surface area contributed by atoms with Crippen LogP contribution in [0.2, 0.25) is 5.02 Å². The Morgan fingerprint density at radius 3 is 3.00 bits per heavy atom. The molecule has 0 aliphatic carbocycles. The van der Waals surface area contributed by atoms with Gasteiger partial charge in [-0.15, -0.1) is 11.3 Å². The summed E-state index contributed by atoms with van der Waals surface area (Å²) in [6.07, 6.45) is 1.27. The molecule has 2 aromatic heterocycles. The van der Waals surface area contributed by atoms with E-state index in [0.717, 1.165) is 11.8 Å². The van der Waals surface area contributed by atoms with Gasteiger partial charge in [0.1, 0.15) is 5.03 Å². The molecule has 0 aromatic carbocycles. The van der Waals surface area contributed by atoms with Crippen molar-refractivity contribution in [1.82, 2.24) is 9.97 Å². The molecular formula is C11H8ClFN2O2S2. The number of thiazole rings is 1. The number of hydrogen-bond acceptors (Lipinski definition) is 5. The van der Waals surface area contributed by atoms with Gasteiger partial charge in [0.15, 0.2) is 10.2 Å². The largest absolute Gasteiger partial charge is 0.481 e. The van der Waals surface area contributed by atoms with Crippen LogP contribution in [0, 0.1) is 12.7 Å². The first-order valence-electron chi connectivity index (χ1n) is 5.12. The molecule has 0 saturated heterocycles. The summed E-state index contributed by atoms with van der Waals surface area (Å²) < 4.78 is 14.1. The molecule has 0 spiro atoms. The van der Waals surface area contributed by atoms with Crippen molar-refractivity contribution in [3.05, 3.63) is 33.7 Å². The number of nitrogens with zero attached hydrogens (tertiary/aromatic N) is 2. The van der Waals surface area contributed by atoms with Crippen molar-refractivity contribution in [2.24, 2.45) is 0 Å². The summed E-state index contributed by atoms with van der Waals surface area (Å²) in [7, 11) is 0. The molecule has 2 aromatic rings. The Bertz CT molecular complexity index is 633. The van der Waals surface area contributed by atoms with Gasteiger partial charge in [-0.2, -0.15) is 0 Å². The van der Waals surface area contributed by atoms with E-state index in [1.165, 1.54) is 23.6 Å². The van der Waals surface area contributed by atoms with Crippen LogP contribution in [0.25, 0.3) is 0 Å². The van der Waals surface area contributed by atoms with Gasteiger partial charge in [-0.1, -0.05) is 11.6 Å². The number of halogens is 2. The van der Waals surface area contributed by atoms with Crippen LogP contribution in [0.4, 0.5) is 4.39 Å².